The molecule has 0 heterocycles. The van der Waals surface area contributed by atoms with E-state index in [2.05, 4.69) is 22.8 Å². The Kier molecular flexibility index (Phi) is 6.80. The highest BCUT2D eigenvalue weighted by Crippen LogP contribution is 2.44. The van der Waals surface area contributed by atoms with Gasteiger partial charge in [0, 0.05) is 18.0 Å². The van der Waals surface area contributed by atoms with Crippen LogP contribution in [0.3, 0.4) is 0 Å². The van der Waals surface area contributed by atoms with Gasteiger partial charge >= 0.3 is 12.1 Å². The lowest BCUT2D eigenvalue weighted by Crippen LogP contribution is -2.38. The van der Waals surface area contributed by atoms with Crippen molar-refractivity contribution in [2.24, 2.45) is 5.41 Å². The van der Waals surface area contributed by atoms with Crippen LogP contribution in [0.5, 0.6) is 0 Å². The first kappa shape index (κ1) is 24.3. The SMILES string of the molecule is CC(C)(CNC(=O)c1ccc(NC(=O)OCC2c3ccccc3-c3ccccc32)c(Cl)c1)C(=O)O. The average Bonchev–Trinajstić information content (AvgIpc) is 3.16. The van der Waals surface area contributed by atoms with Crippen LogP contribution in [-0.4, -0.2) is 36.2 Å². The number of ether oxygens (including phenoxy) is 1. The van der Waals surface area contributed by atoms with Gasteiger partial charge in [-0.3, -0.25) is 14.9 Å². The molecule has 3 N–H and O–H groups in total. The zero-order valence-electron chi connectivity index (χ0n) is 19.3. The van der Waals surface area contributed by atoms with Crippen molar-refractivity contribution in [3.05, 3.63) is 88.4 Å². The van der Waals surface area contributed by atoms with E-state index in [1.807, 2.05) is 36.4 Å². The van der Waals surface area contributed by atoms with Crippen molar-refractivity contribution < 1.29 is 24.2 Å². The van der Waals surface area contributed by atoms with Crippen molar-refractivity contribution in [1.82, 2.24) is 5.32 Å². The Labute approximate surface area is 208 Å². The first-order chi connectivity index (χ1) is 16.7. The molecular formula is C27H25ClN2O5. The van der Waals surface area contributed by atoms with Crippen molar-refractivity contribution in [1.29, 1.82) is 0 Å². The second kappa shape index (κ2) is 9.80. The van der Waals surface area contributed by atoms with Gasteiger partial charge in [0.1, 0.15) is 6.61 Å². The third kappa shape index (κ3) is 5.15. The average molecular weight is 493 g/mol. The predicted octanol–water partition coefficient (Wildman–Crippen LogP) is 5.54. The van der Waals surface area contributed by atoms with Crippen LogP contribution in [0, 0.1) is 5.41 Å². The second-order valence-electron chi connectivity index (χ2n) is 9.02. The lowest BCUT2D eigenvalue weighted by atomic mass is 9.94. The molecule has 8 heteroatoms. The van der Waals surface area contributed by atoms with E-state index in [-0.39, 0.29) is 29.7 Å². The number of benzene rings is 3. The van der Waals surface area contributed by atoms with Crippen LogP contribution in [-0.2, 0) is 9.53 Å². The molecule has 1 aliphatic carbocycles. The predicted molar refractivity (Wildman–Crippen MR) is 134 cm³/mol. The summed E-state index contributed by atoms with van der Waals surface area (Å²) in [5, 5.41) is 14.5. The number of nitrogens with one attached hydrogen (secondary N) is 2. The van der Waals surface area contributed by atoms with Crippen LogP contribution in [0.1, 0.15) is 41.3 Å². The van der Waals surface area contributed by atoms with E-state index < -0.39 is 23.4 Å². The molecule has 3 aromatic carbocycles. The minimum Gasteiger partial charge on any atom is -0.481 e. The number of carboxylic acids is 1. The van der Waals surface area contributed by atoms with E-state index in [0.29, 0.717) is 5.69 Å². The third-order valence-corrected chi connectivity index (χ3v) is 6.39. The van der Waals surface area contributed by atoms with Crippen molar-refractivity contribution in [2.45, 2.75) is 19.8 Å². The second-order valence-corrected chi connectivity index (χ2v) is 9.42. The molecule has 4 rings (SSSR count). The number of carbonyl (C=O) groups excluding carboxylic acids is 2. The molecule has 35 heavy (non-hydrogen) atoms. The van der Waals surface area contributed by atoms with Crippen molar-refractivity contribution in [2.75, 3.05) is 18.5 Å². The van der Waals surface area contributed by atoms with Gasteiger partial charge in [0.25, 0.3) is 5.91 Å². The maximum Gasteiger partial charge on any atom is 0.411 e. The van der Waals surface area contributed by atoms with E-state index in [1.54, 1.807) is 0 Å². The Morgan fingerprint density at radius 3 is 2.14 bits per heavy atom. The highest BCUT2D eigenvalue weighted by molar-refractivity contribution is 6.34. The summed E-state index contributed by atoms with van der Waals surface area (Å²) in [5.41, 5.74) is 3.94. The van der Waals surface area contributed by atoms with Gasteiger partial charge in [-0.05, 0) is 54.3 Å². The lowest BCUT2D eigenvalue weighted by Gasteiger charge is -2.19. The summed E-state index contributed by atoms with van der Waals surface area (Å²) in [6.45, 7) is 3.16. The summed E-state index contributed by atoms with van der Waals surface area (Å²) in [6.07, 6.45) is -0.658. The Hall–Kier alpha value is -3.84. The molecule has 1 aliphatic rings. The number of rotatable bonds is 7. The Balaban J connectivity index is 1.38. The molecule has 0 bridgehead atoms. The quantitative estimate of drug-likeness (QED) is 0.401. The third-order valence-electron chi connectivity index (χ3n) is 6.08. The van der Waals surface area contributed by atoms with Gasteiger partial charge in [-0.15, -0.1) is 0 Å². The fourth-order valence-electron chi connectivity index (χ4n) is 3.98. The lowest BCUT2D eigenvalue weighted by molar-refractivity contribution is -0.146. The van der Waals surface area contributed by atoms with Gasteiger partial charge in [-0.2, -0.15) is 0 Å². The van der Waals surface area contributed by atoms with Crippen LogP contribution in [0.25, 0.3) is 11.1 Å². The number of anilines is 1. The minimum atomic E-state index is -1.11. The minimum absolute atomic E-state index is 0.0431. The molecule has 0 aliphatic heterocycles. The van der Waals surface area contributed by atoms with Crippen LogP contribution in [0.2, 0.25) is 5.02 Å². The van der Waals surface area contributed by atoms with Crippen LogP contribution in [0.15, 0.2) is 66.7 Å². The van der Waals surface area contributed by atoms with E-state index in [9.17, 15) is 19.5 Å². The standard InChI is InChI=1S/C27H25ClN2O5/c1-27(2,25(32)33)15-29-24(31)16-11-12-23(22(28)13-16)30-26(34)35-14-21-19-9-5-3-7-17(19)18-8-4-6-10-20(18)21/h3-13,21H,14-15H2,1-2H3,(H,29,31)(H,30,34)(H,32,33). The molecule has 0 unspecified atom stereocenters. The zero-order chi connectivity index (χ0) is 25.2. The summed E-state index contributed by atoms with van der Waals surface area (Å²) >= 11 is 6.27. The number of aliphatic carboxylic acids is 1. The van der Waals surface area contributed by atoms with Gasteiger partial charge in [-0.1, -0.05) is 60.1 Å². The molecule has 0 fully saturated rings. The molecule has 180 valence electrons. The highest BCUT2D eigenvalue weighted by atomic mass is 35.5. The normalized spacial score (nSPS) is 12.4. The van der Waals surface area contributed by atoms with Gasteiger partial charge in [0.2, 0.25) is 0 Å². The number of hydrogen-bond donors (Lipinski definition) is 3. The molecule has 0 radical (unpaired) electrons. The maximum atomic E-state index is 12.5. The van der Waals surface area contributed by atoms with Crippen molar-refractivity contribution in [3.8, 4) is 11.1 Å². The fourth-order valence-corrected chi connectivity index (χ4v) is 4.21. The first-order valence-corrected chi connectivity index (χ1v) is 11.5. The summed E-state index contributed by atoms with van der Waals surface area (Å²) in [7, 11) is 0. The number of carbonyl (C=O) groups is 3. The van der Waals surface area contributed by atoms with Crippen LogP contribution < -0.4 is 10.6 Å². The maximum absolute atomic E-state index is 12.5. The molecular weight excluding hydrogens is 468 g/mol. The number of hydrogen-bond acceptors (Lipinski definition) is 4. The smallest absolute Gasteiger partial charge is 0.411 e. The number of amides is 2. The van der Waals surface area contributed by atoms with E-state index in [4.69, 9.17) is 16.3 Å². The van der Waals surface area contributed by atoms with Gasteiger partial charge in [0.15, 0.2) is 0 Å². The number of fused-ring (bicyclic) bond motifs is 3. The first-order valence-electron chi connectivity index (χ1n) is 11.1. The van der Waals surface area contributed by atoms with Crippen molar-refractivity contribution in [3.63, 3.8) is 0 Å². The van der Waals surface area contributed by atoms with E-state index in [0.717, 1.165) is 22.3 Å². The van der Waals surface area contributed by atoms with Gasteiger partial charge < -0.3 is 15.2 Å². The molecule has 0 saturated carbocycles. The zero-order valence-corrected chi connectivity index (χ0v) is 20.1. The van der Waals surface area contributed by atoms with Gasteiger partial charge in [-0.25, -0.2) is 4.79 Å². The van der Waals surface area contributed by atoms with E-state index in [1.165, 1.54) is 32.0 Å². The molecule has 7 nitrogen and oxygen atoms in total. The largest absolute Gasteiger partial charge is 0.481 e. The number of carboxylic acid groups (broad SMARTS) is 1. The van der Waals surface area contributed by atoms with Crippen molar-refractivity contribution >= 4 is 35.3 Å². The number of halogens is 1. The molecule has 0 aromatic heterocycles. The van der Waals surface area contributed by atoms with Crippen LogP contribution in [0.4, 0.5) is 10.5 Å². The fraction of sp³-hybridized carbons (Fsp3) is 0.222. The van der Waals surface area contributed by atoms with Crippen LogP contribution >= 0.6 is 11.6 Å². The molecule has 0 spiro atoms. The summed E-state index contributed by atoms with van der Waals surface area (Å²) < 4.78 is 5.53. The van der Waals surface area contributed by atoms with Gasteiger partial charge in [0.05, 0.1) is 16.1 Å². The molecule has 0 atom stereocenters. The molecule has 3 aromatic rings. The highest BCUT2D eigenvalue weighted by Gasteiger charge is 2.29. The molecule has 0 saturated heterocycles. The molecule has 2 amide bonds. The summed E-state index contributed by atoms with van der Waals surface area (Å²) in [5.74, 6) is -1.54. The Morgan fingerprint density at radius 1 is 0.971 bits per heavy atom. The monoisotopic (exact) mass is 492 g/mol. The topological polar surface area (TPSA) is 105 Å². The summed E-state index contributed by atoms with van der Waals surface area (Å²) in [6, 6.07) is 20.5. The summed E-state index contributed by atoms with van der Waals surface area (Å²) in [4.78, 5) is 36.1. The Morgan fingerprint density at radius 2 is 1.57 bits per heavy atom. The Bertz CT molecular complexity index is 1260. The van der Waals surface area contributed by atoms with E-state index >= 15 is 0 Å².